The van der Waals surface area contributed by atoms with E-state index >= 15 is 0 Å². The van der Waals surface area contributed by atoms with Crippen molar-refractivity contribution in [2.75, 3.05) is 5.75 Å². The van der Waals surface area contributed by atoms with Crippen LogP contribution in [0.1, 0.15) is 23.7 Å². The summed E-state index contributed by atoms with van der Waals surface area (Å²) in [4.78, 5) is 0. The lowest BCUT2D eigenvalue weighted by Gasteiger charge is -2.11. The Bertz CT molecular complexity index is 247. The van der Waals surface area contributed by atoms with Gasteiger partial charge in [0.1, 0.15) is 0 Å². The Hall–Kier alpha value is -0.470. The van der Waals surface area contributed by atoms with Crippen LogP contribution in [0.25, 0.3) is 0 Å². The highest BCUT2D eigenvalue weighted by atomic mass is 32.1. The topological polar surface area (TPSA) is 20.2 Å². The van der Waals surface area contributed by atoms with E-state index in [-0.39, 0.29) is 6.10 Å². The average molecular weight is 182 g/mol. The van der Waals surface area contributed by atoms with E-state index < -0.39 is 0 Å². The van der Waals surface area contributed by atoms with Gasteiger partial charge in [0, 0.05) is 0 Å². The van der Waals surface area contributed by atoms with Gasteiger partial charge in [-0.15, -0.1) is 0 Å². The maximum atomic E-state index is 9.65. The summed E-state index contributed by atoms with van der Waals surface area (Å²) in [6, 6.07) is 7.90. The predicted octanol–water partition coefficient (Wildman–Crippen LogP) is 2.35. The second kappa shape index (κ2) is 4.53. The van der Waals surface area contributed by atoms with E-state index in [1.54, 1.807) is 0 Å². The van der Waals surface area contributed by atoms with Crippen LogP contribution in [0.2, 0.25) is 0 Å². The molecule has 0 saturated heterocycles. The maximum Gasteiger partial charge on any atom is 0.0800 e. The minimum Gasteiger partial charge on any atom is -0.388 e. The molecule has 1 aromatic rings. The zero-order valence-corrected chi connectivity index (χ0v) is 8.09. The van der Waals surface area contributed by atoms with Crippen molar-refractivity contribution in [2.24, 2.45) is 0 Å². The maximum absolute atomic E-state index is 9.65. The monoisotopic (exact) mass is 182 g/mol. The number of benzene rings is 1. The number of rotatable bonds is 3. The summed E-state index contributed by atoms with van der Waals surface area (Å²) in [5.74, 6) is 0.718. The van der Waals surface area contributed by atoms with Crippen molar-refractivity contribution in [1.29, 1.82) is 0 Å². The van der Waals surface area contributed by atoms with E-state index in [1.807, 2.05) is 31.2 Å². The molecule has 12 heavy (non-hydrogen) atoms. The molecule has 1 N–H and O–H groups in total. The number of aliphatic hydroxyl groups excluding tert-OH is 1. The molecule has 2 heteroatoms. The Morgan fingerprint density at radius 3 is 2.67 bits per heavy atom. The van der Waals surface area contributed by atoms with Crippen LogP contribution in [-0.2, 0) is 0 Å². The van der Waals surface area contributed by atoms with Crippen LogP contribution in [0.4, 0.5) is 0 Å². The molecule has 66 valence electrons. The van der Waals surface area contributed by atoms with Gasteiger partial charge in [-0.3, -0.25) is 0 Å². The number of aryl methyl sites for hydroxylation is 1. The van der Waals surface area contributed by atoms with Gasteiger partial charge in [-0.05, 0) is 30.2 Å². The fourth-order valence-corrected chi connectivity index (χ4v) is 1.48. The normalized spacial score (nSPS) is 12.9. The minimum absolute atomic E-state index is 0.358. The van der Waals surface area contributed by atoms with Crippen molar-refractivity contribution in [2.45, 2.75) is 19.4 Å². The Morgan fingerprint density at radius 2 is 2.08 bits per heavy atom. The average Bonchev–Trinajstić information content (AvgIpc) is 2.05. The molecule has 0 aromatic heterocycles. The summed E-state index contributed by atoms with van der Waals surface area (Å²) >= 11 is 4.08. The molecular formula is C10H14OS. The molecule has 1 rings (SSSR count). The van der Waals surface area contributed by atoms with Gasteiger partial charge in [0.05, 0.1) is 6.10 Å². The molecule has 0 aliphatic heterocycles. The highest BCUT2D eigenvalue weighted by Crippen LogP contribution is 2.20. The summed E-state index contributed by atoms with van der Waals surface area (Å²) in [6.07, 6.45) is 0.359. The van der Waals surface area contributed by atoms with Crippen LogP contribution in [-0.4, -0.2) is 10.9 Å². The van der Waals surface area contributed by atoms with Crippen molar-refractivity contribution in [3.63, 3.8) is 0 Å². The van der Waals surface area contributed by atoms with Crippen LogP contribution in [0.15, 0.2) is 24.3 Å². The lowest BCUT2D eigenvalue weighted by molar-refractivity contribution is 0.174. The second-order valence-corrected chi connectivity index (χ2v) is 3.33. The van der Waals surface area contributed by atoms with Crippen molar-refractivity contribution in [3.8, 4) is 0 Å². The van der Waals surface area contributed by atoms with Gasteiger partial charge in [-0.2, -0.15) is 12.6 Å². The van der Waals surface area contributed by atoms with Crippen LogP contribution in [0, 0.1) is 6.92 Å². The number of aliphatic hydroxyl groups is 1. The number of hydrogen-bond donors (Lipinski definition) is 2. The first-order valence-electron chi connectivity index (χ1n) is 4.10. The molecule has 0 amide bonds. The van der Waals surface area contributed by atoms with Crippen LogP contribution in [0.5, 0.6) is 0 Å². The van der Waals surface area contributed by atoms with Gasteiger partial charge in [0.25, 0.3) is 0 Å². The molecule has 1 unspecified atom stereocenters. The second-order valence-electron chi connectivity index (χ2n) is 2.88. The smallest absolute Gasteiger partial charge is 0.0800 e. The van der Waals surface area contributed by atoms with Gasteiger partial charge in [0.15, 0.2) is 0 Å². The van der Waals surface area contributed by atoms with Gasteiger partial charge < -0.3 is 5.11 Å². The van der Waals surface area contributed by atoms with Crippen LogP contribution >= 0.6 is 12.6 Å². The molecule has 0 spiro atoms. The zero-order valence-electron chi connectivity index (χ0n) is 7.20. The summed E-state index contributed by atoms with van der Waals surface area (Å²) in [7, 11) is 0. The summed E-state index contributed by atoms with van der Waals surface area (Å²) in [6.45, 7) is 2.01. The molecule has 0 heterocycles. The first-order valence-corrected chi connectivity index (χ1v) is 4.73. The summed E-state index contributed by atoms with van der Waals surface area (Å²) in [5.41, 5.74) is 2.17. The van der Waals surface area contributed by atoms with E-state index in [1.165, 1.54) is 0 Å². The third-order valence-corrected chi connectivity index (χ3v) is 2.21. The van der Waals surface area contributed by atoms with Gasteiger partial charge in [0.2, 0.25) is 0 Å². The van der Waals surface area contributed by atoms with Crippen LogP contribution < -0.4 is 0 Å². The van der Waals surface area contributed by atoms with E-state index in [2.05, 4.69) is 12.6 Å². The Morgan fingerprint density at radius 1 is 1.42 bits per heavy atom. The van der Waals surface area contributed by atoms with Crippen molar-refractivity contribution in [1.82, 2.24) is 0 Å². The molecule has 0 radical (unpaired) electrons. The molecule has 0 aliphatic carbocycles. The molecule has 0 bridgehead atoms. The minimum atomic E-state index is -0.358. The largest absolute Gasteiger partial charge is 0.388 e. The lowest BCUT2D eigenvalue weighted by Crippen LogP contribution is -2.00. The van der Waals surface area contributed by atoms with E-state index in [0.717, 1.165) is 16.9 Å². The van der Waals surface area contributed by atoms with Gasteiger partial charge in [-0.1, -0.05) is 24.3 Å². The van der Waals surface area contributed by atoms with Gasteiger partial charge >= 0.3 is 0 Å². The Balaban J connectivity index is 2.79. The standard InChI is InChI=1S/C10H14OS/c1-8-4-2-3-5-9(8)10(11)6-7-12/h2-5,10-12H,6-7H2,1H3. The Labute approximate surface area is 78.8 Å². The van der Waals surface area contributed by atoms with E-state index in [4.69, 9.17) is 0 Å². The molecule has 1 aromatic carbocycles. The summed E-state index contributed by atoms with van der Waals surface area (Å²) < 4.78 is 0. The third kappa shape index (κ3) is 2.26. The van der Waals surface area contributed by atoms with E-state index in [9.17, 15) is 5.11 Å². The molecule has 0 saturated carbocycles. The van der Waals surface area contributed by atoms with Crippen molar-refractivity contribution in [3.05, 3.63) is 35.4 Å². The SMILES string of the molecule is Cc1ccccc1C(O)CCS. The first kappa shape index (κ1) is 9.62. The number of thiol groups is 1. The fraction of sp³-hybridized carbons (Fsp3) is 0.400. The molecule has 0 aliphatic rings. The highest BCUT2D eigenvalue weighted by molar-refractivity contribution is 7.80. The molecular weight excluding hydrogens is 168 g/mol. The van der Waals surface area contributed by atoms with E-state index in [0.29, 0.717) is 6.42 Å². The zero-order chi connectivity index (χ0) is 8.97. The van der Waals surface area contributed by atoms with Gasteiger partial charge in [-0.25, -0.2) is 0 Å². The molecule has 0 fully saturated rings. The third-order valence-electron chi connectivity index (χ3n) is 1.95. The summed E-state index contributed by atoms with van der Waals surface area (Å²) in [5, 5.41) is 9.65. The quantitative estimate of drug-likeness (QED) is 0.688. The molecule has 1 atom stereocenters. The fourth-order valence-electron chi connectivity index (χ4n) is 1.24. The van der Waals surface area contributed by atoms with Crippen molar-refractivity contribution < 1.29 is 5.11 Å². The first-order chi connectivity index (χ1) is 5.75. The predicted molar refractivity (Wildman–Crippen MR) is 54.6 cm³/mol. The van der Waals surface area contributed by atoms with Crippen molar-refractivity contribution >= 4 is 12.6 Å². The Kier molecular flexibility index (Phi) is 3.63. The highest BCUT2D eigenvalue weighted by Gasteiger charge is 2.07. The van der Waals surface area contributed by atoms with Crippen LogP contribution in [0.3, 0.4) is 0 Å². The lowest BCUT2D eigenvalue weighted by atomic mass is 10.0. The number of hydrogen-bond acceptors (Lipinski definition) is 2. The molecule has 1 nitrogen and oxygen atoms in total.